The summed E-state index contributed by atoms with van der Waals surface area (Å²) in [6.45, 7) is 0.735. The SMILES string of the molecule is O=S(=O)(c1ccc(Cl)s1)N1CCC(c2noc(-c3cccc(F)c3)n2)CC1. The van der Waals surface area contributed by atoms with Crippen LogP contribution in [0.2, 0.25) is 4.34 Å². The van der Waals surface area contributed by atoms with E-state index in [1.807, 2.05) is 0 Å². The lowest BCUT2D eigenvalue weighted by molar-refractivity contribution is 0.307. The predicted molar refractivity (Wildman–Crippen MR) is 99.8 cm³/mol. The van der Waals surface area contributed by atoms with Crippen LogP contribution in [-0.2, 0) is 10.0 Å². The van der Waals surface area contributed by atoms with E-state index in [2.05, 4.69) is 10.1 Å². The summed E-state index contributed by atoms with van der Waals surface area (Å²) in [6.07, 6.45) is 1.17. The van der Waals surface area contributed by atoms with Gasteiger partial charge in [-0.1, -0.05) is 22.8 Å². The Kier molecular flexibility index (Phi) is 5.02. The summed E-state index contributed by atoms with van der Waals surface area (Å²) >= 11 is 6.91. The van der Waals surface area contributed by atoms with Crippen LogP contribution >= 0.6 is 22.9 Å². The maximum atomic E-state index is 13.4. The Morgan fingerprint density at radius 2 is 2.00 bits per heavy atom. The molecule has 0 amide bonds. The van der Waals surface area contributed by atoms with Crippen molar-refractivity contribution >= 4 is 33.0 Å². The van der Waals surface area contributed by atoms with Gasteiger partial charge in [-0.25, -0.2) is 12.8 Å². The van der Waals surface area contributed by atoms with Crippen LogP contribution in [0.1, 0.15) is 24.6 Å². The zero-order valence-corrected chi connectivity index (χ0v) is 16.4. The molecule has 10 heteroatoms. The fraction of sp³-hybridized carbons (Fsp3) is 0.294. The average molecular weight is 428 g/mol. The number of hydrogen-bond acceptors (Lipinski definition) is 6. The second kappa shape index (κ2) is 7.31. The molecule has 1 aromatic carbocycles. The van der Waals surface area contributed by atoms with E-state index in [0.29, 0.717) is 41.7 Å². The normalized spacial score (nSPS) is 16.7. The number of aromatic nitrogens is 2. The summed E-state index contributed by atoms with van der Waals surface area (Å²) < 4.78 is 46.1. The molecule has 0 saturated carbocycles. The first-order chi connectivity index (χ1) is 12.9. The van der Waals surface area contributed by atoms with Crippen LogP contribution in [-0.4, -0.2) is 36.0 Å². The van der Waals surface area contributed by atoms with Crippen molar-refractivity contribution in [2.75, 3.05) is 13.1 Å². The lowest BCUT2D eigenvalue weighted by Crippen LogP contribution is -2.37. The zero-order chi connectivity index (χ0) is 19.0. The van der Waals surface area contributed by atoms with Crippen molar-refractivity contribution in [1.82, 2.24) is 14.4 Å². The number of thiophene rings is 1. The van der Waals surface area contributed by atoms with Gasteiger partial charge in [-0.05, 0) is 43.2 Å². The van der Waals surface area contributed by atoms with Crippen LogP contribution < -0.4 is 0 Å². The summed E-state index contributed by atoms with van der Waals surface area (Å²) in [6, 6.07) is 9.06. The van der Waals surface area contributed by atoms with Crippen molar-refractivity contribution in [3.8, 4) is 11.5 Å². The van der Waals surface area contributed by atoms with Crippen LogP contribution in [0.25, 0.3) is 11.5 Å². The molecule has 3 aromatic rings. The highest BCUT2D eigenvalue weighted by Crippen LogP contribution is 2.33. The monoisotopic (exact) mass is 427 g/mol. The van der Waals surface area contributed by atoms with Crippen molar-refractivity contribution in [3.63, 3.8) is 0 Å². The fourth-order valence-corrected chi connectivity index (χ4v) is 6.16. The van der Waals surface area contributed by atoms with E-state index in [1.54, 1.807) is 18.2 Å². The molecule has 0 spiro atoms. The molecule has 0 radical (unpaired) electrons. The highest BCUT2D eigenvalue weighted by Gasteiger charge is 2.32. The molecule has 2 aromatic heterocycles. The minimum atomic E-state index is -3.53. The number of halogens is 2. The Balaban J connectivity index is 1.45. The van der Waals surface area contributed by atoms with E-state index in [0.717, 1.165) is 11.3 Å². The van der Waals surface area contributed by atoms with Crippen molar-refractivity contribution < 1.29 is 17.3 Å². The minimum Gasteiger partial charge on any atom is -0.334 e. The van der Waals surface area contributed by atoms with Gasteiger partial charge in [-0.3, -0.25) is 0 Å². The second-order valence-corrected chi connectivity index (χ2v) is 10.1. The molecule has 0 bridgehead atoms. The summed E-state index contributed by atoms with van der Waals surface area (Å²) in [5.41, 5.74) is 0.517. The molecule has 0 N–H and O–H groups in total. The topological polar surface area (TPSA) is 76.3 Å². The van der Waals surface area contributed by atoms with Crippen LogP contribution in [0, 0.1) is 5.82 Å². The van der Waals surface area contributed by atoms with Gasteiger partial charge >= 0.3 is 0 Å². The van der Waals surface area contributed by atoms with E-state index in [9.17, 15) is 12.8 Å². The molecule has 27 heavy (non-hydrogen) atoms. The van der Waals surface area contributed by atoms with Crippen LogP contribution in [0.5, 0.6) is 0 Å². The average Bonchev–Trinajstić information content (AvgIpc) is 3.31. The first kappa shape index (κ1) is 18.5. The Labute approximate surface area is 164 Å². The quantitative estimate of drug-likeness (QED) is 0.624. The molecule has 0 aliphatic carbocycles. The van der Waals surface area contributed by atoms with Crippen molar-refractivity contribution in [2.45, 2.75) is 23.0 Å². The largest absolute Gasteiger partial charge is 0.334 e. The second-order valence-electron chi connectivity index (χ2n) is 6.20. The smallest absolute Gasteiger partial charge is 0.258 e. The van der Waals surface area contributed by atoms with Crippen LogP contribution in [0.3, 0.4) is 0 Å². The van der Waals surface area contributed by atoms with Gasteiger partial charge in [-0.15, -0.1) is 11.3 Å². The predicted octanol–water partition coefficient (Wildman–Crippen LogP) is 4.16. The molecule has 4 rings (SSSR count). The Bertz CT molecular complexity index is 1060. The standard InChI is InChI=1S/C17H15ClFN3O3S2/c18-14-4-5-15(26-14)27(23,24)22-8-6-11(7-9-22)16-20-17(25-21-16)12-2-1-3-13(19)10-12/h1-5,10-11H,6-9H2. The van der Waals surface area contributed by atoms with E-state index >= 15 is 0 Å². The Hall–Kier alpha value is -1.81. The van der Waals surface area contributed by atoms with Gasteiger partial charge in [0.25, 0.3) is 15.9 Å². The van der Waals surface area contributed by atoms with Crippen molar-refractivity contribution in [2.24, 2.45) is 0 Å². The van der Waals surface area contributed by atoms with Crippen LogP contribution in [0.4, 0.5) is 4.39 Å². The molecule has 1 saturated heterocycles. The Morgan fingerprint density at radius 3 is 2.67 bits per heavy atom. The first-order valence-corrected chi connectivity index (χ1v) is 10.9. The molecular formula is C17H15ClFN3O3S2. The van der Waals surface area contributed by atoms with E-state index < -0.39 is 10.0 Å². The van der Waals surface area contributed by atoms with Gasteiger partial charge in [0.15, 0.2) is 5.82 Å². The number of sulfonamides is 1. The van der Waals surface area contributed by atoms with Gasteiger partial charge in [-0.2, -0.15) is 9.29 Å². The lowest BCUT2D eigenvalue weighted by Gasteiger charge is -2.29. The van der Waals surface area contributed by atoms with E-state index in [-0.39, 0.29) is 21.8 Å². The van der Waals surface area contributed by atoms with Gasteiger partial charge in [0.05, 0.1) is 4.34 Å². The summed E-state index contributed by atoms with van der Waals surface area (Å²) in [5, 5.41) is 4.00. The summed E-state index contributed by atoms with van der Waals surface area (Å²) in [5.74, 6) is 0.395. The highest BCUT2D eigenvalue weighted by atomic mass is 35.5. The van der Waals surface area contributed by atoms with Crippen LogP contribution in [0.15, 0.2) is 45.1 Å². The third-order valence-corrected chi connectivity index (χ3v) is 8.07. The number of piperidine rings is 1. The minimum absolute atomic E-state index is 0.00515. The molecule has 1 aliphatic heterocycles. The van der Waals surface area contributed by atoms with Gasteiger partial charge in [0.1, 0.15) is 10.0 Å². The number of rotatable bonds is 4. The van der Waals surface area contributed by atoms with Crippen molar-refractivity contribution in [1.29, 1.82) is 0 Å². The third kappa shape index (κ3) is 3.77. The molecule has 3 heterocycles. The summed E-state index contributed by atoms with van der Waals surface area (Å²) in [4.78, 5) is 4.37. The van der Waals surface area contributed by atoms with Gasteiger partial charge in [0.2, 0.25) is 0 Å². The van der Waals surface area contributed by atoms with E-state index in [1.165, 1.54) is 22.5 Å². The summed E-state index contributed by atoms with van der Waals surface area (Å²) in [7, 11) is -3.53. The number of hydrogen-bond donors (Lipinski definition) is 0. The molecule has 1 fully saturated rings. The molecule has 6 nitrogen and oxygen atoms in total. The maximum Gasteiger partial charge on any atom is 0.258 e. The molecular weight excluding hydrogens is 413 g/mol. The highest BCUT2D eigenvalue weighted by molar-refractivity contribution is 7.91. The van der Waals surface area contributed by atoms with E-state index in [4.69, 9.17) is 16.1 Å². The third-order valence-electron chi connectivity index (χ3n) is 4.48. The number of benzene rings is 1. The number of nitrogens with zero attached hydrogens (tertiary/aromatic N) is 3. The molecule has 142 valence electrons. The molecule has 0 atom stereocenters. The molecule has 0 unspecified atom stereocenters. The first-order valence-electron chi connectivity index (χ1n) is 8.28. The van der Waals surface area contributed by atoms with Crippen molar-refractivity contribution in [3.05, 3.63) is 52.4 Å². The lowest BCUT2D eigenvalue weighted by atomic mass is 9.97. The Morgan fingerprint density at radius 1 is 1.22 bits per heavy atom. The van der Waals surface area contributed by atoms with Gasteiger partial charge < -0.3 is 4.52 Å². The maximum absolute atomic E-state index is 13.4. The van der Waals surface area contributed by atoms with Gasteiger partial charge in [0, 0.05) is 24.6 Å². The fourth-order valence-electron chi connectivity index (χ4n) is 3.06. The zero-order valence-electron chi connectivity index (χ0n) is 14.0. The molecule has 1 aliphatic rings.